The van der Waals surface area contributed by atoms with Gasteiger partial charge in [0.1, 0.15) is 0 Å². The molecule has 0 radical (unpaired) electrons. The second-order valence-corrected chi connectivity index (χ2v) is 11.2. The third kappa shape index (κ3) is 1.95. The van der Waals surface area contributed by atoms with Gasteiger partial charge in [-0.2, -0.15) is 0 Å². The highest BCUT2D eigenvalue weighted by Crippen LogP contribution is 2.23. The van der Waals surface area contributed by atoms with E-state index in [0.717, 1.165) is 0 Å². The fourth-order valence-electron chi connectivity index (χ4n) is 0. The Labute approximate surface area is 47.0 Å². The summed E-state index contributed by atoms with van der Waals surface area (Å²) in [7, 11) is -10.1. The van der Waals surface area contributed by atoms with E-state index >= 15 is 0 Å². The molecule has 0 nitrogen and oxygen atoms in total. The summed E-state index contributed by atoms with van der Waals surface area (Å²) in [5, 5.41) is 0. The van der Waals surface area contributed by atoms with E-state index in [1.807, 2.05) is 0 Å². The standard InChI is InChI=1S/C2H6F4Si2/c1-7(2,3)8(4,5)6/h1-2H3. The van der Waals surface area contributed by atoms with Crippen molar-refractivity contribution in [3.8, 4) is 0 Å². The van der Waals surface area contributed by atoms with E-state index in [4.69, 9.17) is 0 Å². The van der Waals surface area contributed by atoms with Gasteiger partial charge in [0, 0.05) is 0 Å². The molecule has 0 aromatic carbocycles. The molecule has 0 atom stereocenters. The fraction of sp³-hybridized carbons (Fsp3) is 1.00. The second-order valence-electron chi connectivity index (χ2n) is 1.97. The molecule has 6 heteroatoms. The molecule has 0 aliphatic rings. The monoisotopic (exact) mass is 162 g/mol. The summed E-state index contributed by atoms with van der Waals surface area (Å²) >= 11 is 0. The zero-order chi connectivity index (χ0) is 7.00. The Morgan fingerprint density at radius 1 is 0.875 bits per heavy atom. The molecule has 0 aromatic heterocycles. The Bertz CT molecular complexity index is 67.0. The van der Waals surface area contributed by atoms with Crippen LogP contribution in [-0.2, 0) is 0 Å². The van der Waals surface area contributed by atoms with Crippen LogP contribution in [0.3, 0.4) is 0 Å². The Balaban J connectivity index is 4.02. The molecular weight excluding hydrogens is 156 g/mol. The molecule has 0 amide bonds. The van der Waals surface area contributed by atoms with Crippen LogP contribution < -0.4 is 0 Å². The lowest BCUT2D eigenvalue weighted by Gasteiger charge is -2.09. The smallest absolute Gasteiger partial charge is 0.308 e. The average molecular weight is 162 g/mol. The van der Waals surface area contributed by atoms with Crippen LogP contribution in [-0.4, -0.2) is 16.5 Å². The third-order valence-electron chi connectivity index (χ3n) is 0.674. The quantitative estimate of drug-likeness (QED) is 0.314. The minimum atomic E-state index is -5.89. The van der Waals surface area contributed by atoms with Gasteiger partial charge in [-0.1, -0.05) is 0 Å². The van der Waals surface area contributed by atoms with Crippen LogP contribution in [0.2, 0.25) is 13.1 Å². The largest absolute Gasteiger partial charge is 0.621 e. The molecule has 0 aliphatic heterocycles. The predicted octanol–water partition coefficient (Wildman–Crippen LogP) is 2.09. The predicted molar refractivity (Wildman–Crippen MR) is 27.7 cm³/mol. The lowest BCUT2D eigenvalue weighted by Crippen LogP contribution is -2.45. The van der Waals surface area contributed by atoms with Crippen molar-refractivity contribution < 1.29 is 16.4 Å². The van der Waals surface area contributed by atoms with Crippen LogP contribution in [0.15, 0.2) is 0 Å². The van der Waals surface area contributed by atoms with Crippen molar-refractivity contribution in [2.45, 2.75) is 13.1 Å². The lowest BCUT2D eigenvalue weighted by atomic mass is 11.9. The average Bonchev–Trinajstić information content (AvgIpc) is 1.25. The first-order valence-corrected chi connectivity index (χ1v) is 7.52. The summed E-state index contributed by atoms with van der Waals surface area (Å²) in [5.74, 6) is 0. The molecule has 0 fully saturated rings. The van der Waals surface area contributed by atoms with E-state index in [0.29, 0.717) is 13.1 Å². The van der Waals surface area contributed by atoms with E-state index in [2.05, 4.69) is 0 Å². The normalized spacial score (nSPS) is 14.2. The Hall–Kier alpha value is 0.154. The SMILES string of the molecule is C[Si](C)(F)[Si](F)(F)F. The van der Waals surface area contributed by atoms with Gasteiger partial charge < -0.3 is 4.11 Å². The third-order valence-corrected chi connectivity index (χ3v) is 6.07. The lowest BCUT2D eigenvalue weighted by molar-refractivity contribution is 0.496. The van der Waals surface area contributed by atoms with E-state index < -0.39 is 16.5 Å². The Morgan fingerprint density at radius 3 is 1.00 bits per heavy atom. The molecule has 0 aromatic rings. The number of hydrogen-bond acceptors (Lipinski definition) is 0. The molecule has 50 valence electrons. The van der Waals surface area contributed by atoms with Crippen molar-refractivity contribution in [3.63, 3.8) is 0 Å². The van der Waals surface area contributed by atoms with Gasteiger partial charge in [0.05, 0.1) is 0 Å². The van der Waals surface area contributed by atoms with Crippen LogP contribution in [0, 0.1) is 0 Å². The fourth-order valence-corrected chi connectivity index (χ4v) is 0. The van der Waals surface area contributed by atoms with Gasteiger partial charge in [0.25, 0.3) is 0 Å². The molecule has 0 spiro atoms. The summed E-state index contributed by atoms with van der Waals surface area (Å²) in [4.78, 5) is 0. The highest BCUT2D eigenvalue weighted by molar-refractivity contribution is 7.30. The number of rotatable bonds is 1. The summed E-state index contributed by atoms with van der Waals surface area (Å²) in [5.41, 5.74) is 0. The molecule has 0 bridgehead atoms. The molecule has 0 rings (SSSR count). The van der Waals surface area contributed by atoms with E-state index in [1.54, 1.807) is 0 Å². The molecule has 8 heavy (non-hydrogen) atoms. The van der Waals surface area contributed by atoms with Crippen molar-refractivity contribution in [1.29, 1.82) is 0 Å². The van der Waals surface area contributed by atoms with Gasteiger partial charge in [-0.05, 0) is 13.1 Å². The van der Waals surface area contributed by atoms with Crippen LogP contribution in [0.5, 0.6) is 0 Å². The first-order valence-electron chi connectivity index (χ1n) is 2.01. The van der Waals surface area contributed by atoms with Gasteiger partial charge in [-0.3, -0.25) is 0 Å². The summed E-state index contributed by atoms with van der Waals surface area (Å²) in [6.07, 6.45) is 0. The van der Waals surface area contributed by atoms with Gasteiger partial charge in [0.15, 0.2) is 0 Å². The van der Waals surface area contributed by atoms with Crippen LogP contribution in [0.25, 0.3) is 0 Å². The maximum atomic E-state index is 12.0. The molecule has 0 aliphatic carbocycles. The maximum absolute atomic E-state index is 12.0. The second kappa shape index (κ2) is 1.83. The van der Waals surface area contributed by atoms with Crippen molar-refractivity contribution in [2.75, 3.05) is 0 Å². The summed E-state index contributed by atoms with van der Waals surface area (Å²) in [6.45, 7) is 1.36. The van der Waals surface area contributed by atoms with Crippen LogP contribution in [0.1, 0.15) is 0 Å². The highest BCUT2D eigenvalue weighted by Gasteiger charge is 2.58. The van der Waals surface area contributed by atoms with Gasteiger partial charge >= 0.3 is 16.5 Å². The molecular formula is C2H6F4Si2. The van der Waals surface area contributed by atoms with E-state index in [1.165, 1.54) is 0 Å². The number of hydrogen-bond donors (Lipinski definition) is 0. The molecule has 0 unspecified atom stereocenters. The van der Waals surface area contributed by atoms with Crippen LogP contribution in [0.4, 0.5) is 16.4 Å². The van der Waals surface area contributed by atoms with Gasteiger partial charge in [0.2, 0.25) is 0 Å². The topological polar surface area (TPSA) is 0 Å². The zero-order valence-electron chi connectivity index (χ0n) is 4.51. The molecule has 0 saturated heterocycles. The highest BCUT2D eigenvalue weighted by atomic mass is 29.3. The Kier molecular flexibility index (Phi) is 1.87. The summed E-state index contributed by atoms with van der Waals surface area (Å²) < 4.78 is 46.1. The minimum Gasteiger partial charge on any atom is -0.308 e. The molecule has 0 N–H and O–H groups in total. The maximum Gasteiger partial charge on any atom is 0.621 e. The molecule has 0 heterocycles. The van der Waals surface area contributed by atoms with Crippen molar-refractivity contribution in [3.05, 3.63) is 0 Å². The minimum absolute atomic E-state index is 0.680. The Morgan fingerprint density at radius 2 is 1.00 bits per heavy atom. The van der Waals surface area contributed by atoms with Crippen LogP contribution >= 0.6 is 0 Å². The zero-order valence-corrected chi connectivity index (χ0v) is 6.51. The van der Waals surface area contributed by atoms with E-state index in [-0.39, 0.29) is 0 Å². The first kappa shape index (κ1) is 8.15. The van der Waals surface area contributed by atoms with Gasteiger partial charge in [-0.25, -0.2) is 12.3 Å². The van der Waals surface area contributed by atoms with Crippen molar-refractivity contribution >= 4 is 16.5 Å². The summed E-state index contributed by atoms with van der Waals surface area (Å²) in [6, 6.07) is 0. The van der Waals surface area contributed by atoms with Crippen molar-refractivity contribution in [2.24, 2.45) is 0 Å². The number of halogens is 4. The first-order chi connectivity index (χ1) is 3.25. The van der Waals surface area contributed by atoms with E-state index in [9.17, 15) is 16.4 Å². The van der Waals surface area contributed by atoms with Crippen molar-refractivity contribution in [1.82, 2.24) is 0 Å². The molecule has 0 saturated carbocycles. The van der Waals surface area contributed by atoms with Gasteiger partial charge in [-0.15, -0.1) is 0 Å².